The number of carbonyl (C=O) groups excluding carboxylic acids is 1. The highest BCUT2D eigenvalue weighted by molar-refractivity contribution is 5.90. The van der Waals surface area contributed by atoms with Gasteiger partial charge in [-0.15, -0.1) is 0 Å². The van der Waals surface area contributed by atoms with E-state index in [1.807, 2.05) is 38.1 Å². The normalized spacial score (nSPS) is 14.3. The second kappa shape index (κ2) is 9.35. The number of amides is 1. The fraction of sp³-hybridized carbons (Fsp3) is 0.471. The zero-order valence-corrected chi connectivity index (χ0v) is 13.6. The molecule has 2 N–H and O–H groups in total. The lowest BCUT2D eigenvalue weighted by Crippen LogP contribution is -2.29. The maximum absolute atomic E-state index is 11.6. The SMILES string of the molecule is CC(C)COC(C)ONC(=O)C=Cc1cccc(C(C)O)c1. The number of carbonyl (C=O) groups is 1. The molecule has 1 aromatic carbocycles. The molecule has 5 nitrogen and oxygen atoms in total. The topological polar surface area (TPSA) is 67.8 Å². The molecule has 0 spiro atoms. The Balaban J connectivity index is 2.42. The first-order valence-electron chi connectivity index (χ1n) is 7.41. The number of ether oxygens (including phenoxy) is 1. The van der Waals surface area contributed by atoms with Crippen molar-refractivity contribution in [2.45, 2.75) is 40.1 Å². The van der Waals surface area contributed by atoms with E-state index < -0.39 is 12.4 Å². The van der Waals surface area contributed by atoms with E-state index >= 15 is 0 Å². The fourth-order valence-corrected chi connectivity index (χ4v) is 1.63. The molecule has 5 heteroatoms. The van der Waals surface area contributed by atoms with Crippen molar-refractivity contribution in [3.63, 3.8) is 0 Å². The molecule has 22 heavy (non-hydrogen) atoms. The summed E-state index contributed by atoms with van der Waals surface area (Å²) in [6, 6.07) is 7.34. The van der Waals surface area contributed by atoms with Gasteiger partial charge in [0.05, 0.1) is 12.7 Å². The summed E-state index contributed by atoms with van der Waals surface area (Å²) in [4.78, 5) is 16.7. The summed E-state index contributed by atoms with van der Waals surface area (Å²) in [5.74, 6) is 0.0327. The first kappa shape index (κ1) is 18.4. The second-order valence-electron chi connectivity index (χ2n) is 5.56. The number of aliphatic hydroxyl groups is 1. The highest BCUT2D eigenvalue weighted by Gasteiger charge is 2.05. The molecule has 0 bridgehead atoms. The molecule has 2 unspecified atom stereocenters. The summed E-state index contributed by atoms with van der Waals surface area (Å²) in [7, 11) is 0. The second-order valence-corrected chi connectivity index (χ2v) is 5.56. The van der Waals surface area contributed by atoms with Crippen molar-refractivity contribution >= 4 is 12.0 Å². The van der Waals surface area contributed by atoms with Crippen LogP contribution in [0.25, 0.3) is 6.08 Å². The largest absolute Gasteiger partial charge is 0.389 e. The molecule has 1 rings (SSSR count). The van der Waals surface area contributed by atoms with Gasteiger partial charge in [-0.05, 0) is 43.0 Å². The zero-order valence-electron chi connectivity index (χ0n) is 13.6. The minimum atomic E-state index is -0.538. The number of hydrogen-bond donors (Lipinski definition) is 2. The van der Waals surface area contributed by atoms with Crippen LogP contribution in [0.4, 0.5) is 0 Å². The van der Waals surface area contributed by atoms with Crippen LogP contribution >= 0.6 is 0 Å². The lowest BCUT2D eigenvalue weighted by molar-refractivity contribution is -0.180. The minimum absolute atomic E-state index is 0.373. The van der Waals surface area contributed by atoms with Crippen molar-refractivity contribution in [2.75, 3.05) is 6.61 Å². The first-order chi connectivity index (χ1) is 10.4. The van der Waals surface area contributed by atoms with Crippen LogP contribution in [0.5, 0.6) is 0 Å². The Bertz CT molecular complexity index is 497. The van der Waals surface area contributed by atoms with E-state index in [0.29, 0.717) is 12.5 Å². The molecule has 0 aliphatic heterocycles. The predicted molar refractivity (Wildman–Crippen MR) is 85.6 cm³/mol. The van der Waals surface area contributed by atoms with Crippen molar-refractivity contribution in [3.05, 3.63) is 41.5 Å². The molecule has 0 heterocycles. The quantitative estimate of drug-likeness (QED) is 0.440. The molecule has 1 aromatic rings. The lowest BCUT2D eigenvalue weighted by atomic mass is 10.1. The Morgan fingerprint density at radius 2 is 2.05 bits per heavy atom. The third kappa shape index (κ3) is 7.36. The van der Waals surface area contributed by atoms with Gasteiger partial charge in [-0.1, -0.05) is 32.0 Å². The van der Waals surface area contributed by atoms with Crippen molar-refractivity contribution in [1.29, 1.82) is 0 Å². The van der Waals surface area contributed by atoms with Gasteiger partial charge in [-0.25, -0.2) is 10.3 Å². The van der Waals surface area contributed by atoms with Crippen molar-refractivity contribution in [3.8, 4) is 0 Å². The van der Waals surface area contributed by atoms with Gasteiger partial charge in [0.25, 0.3) is 5.91 Å². The molecule has 0 saturated carbocycles. The van der Waals surface area contributed by atoms with Crippen LogP contribution in [-0.2, 0) is 14.4 Å². The minimum Gasteiger partial charge on any atom is -0.389 e. The Kier molecular flexibility index (Phi) is 7.80. The molecule has 1 amide bonds. The third-order valence-electron chi connectivity index (χ3n) is 2.81. The molecule has 0 aromatic heterocycles. The first-order valence-corrected chi connectivity index (χ1v) is 7.41. The highest BCUT2D eigenvalue weighted by atomic mass is 16.8. The average Bonchev–Trinajstić information content (AvgIpc) is 2.49. The molecular formula is C17H25NO4. The van der Waals surface area contributed by atoms with Gasteiger partial charge in [-0.2, -0.15) is 0 Å². The summed E-state index contributed by atoms with van der Waals surface area (Å²) < 4.78 is 5.37. The number of benzene rings is 1. The molecule has 2 atom stereocenters. The molecular weight excluding hydrogens is 282 g/mol. The van der Waals surface area contributed by atoms with Crippen LogP contribution in [0.2, 0.25) is 0 Å². The molecule has 0 radical (unpaired) electrons. The Labute approximate surface area is 131 Å². The number of hydrogen-bond acceptors (Lipinski definition) is 4. The van der Waals surface area contributed by atoms with Gasteiger partial charge in [0.15, 0.2) is 6.29 Å². The van der Waals surface area contributed by atoms with E-state index in [0.717, 1.165) is 11.1 Å². The molecule has 0 aliphatic carbocycles. The van der Waals surface area contributed by atoms with Crippen LogP contribution < -0.4 is 5.48 Å². The van der Waals surface area contributed by atoms with Crippen molar-refractivity contribution in [1.82, 2.24) is 5.48 Å². The summed E-state index contributed by atoms with van der Waals surface area (Å²) in [5.41, 5.74) is 3.95. The summed E-state index contributed by atoms with van der Waals surface area (Å²) in [6.45, 7) is 8.06. The van der Waals surface area contributed by atoms with Gasteiger partial charge in [-0.3, -0.25) is 4.79 Å². The Hall–Kier alpha value is -1.69. The fourth-order valence-electron chi connectivity index (χ4n) is 1.63. The smallest absolute Gasteiger partial charge is 0.267 e. The van der Waals surface area contributed by atoms with E-state index in [2.05, 4.69) is 5.48 Å². The summed E-state index contributed by atoms with van der Waals surface area (Å²) >= 11 is 0. The lowest BCUT2D eigenvalue weighted by Gasteiger charge is -2.14. The van der Waals surface area contributed by atoms with Gasteiger partial charge < -0.3 is 9.84 Å². The maximum atomic E-state index is 11.6. The maximum Gasteiger partial charge on any atom is 0.267 e. The third-order valence-corrected chi connectivity index (χ3v) is 2.81. The molecule has 0 fully saturated rings. The molecule has 0 aliphatic rings. The molecule has 0 saturated heterocycles. The van der Waals surface area contributed by atoms with E-state index in [-0.39, 0.29) is 5.91 Å². The molecule has 122 valence electrons. The Morgan fingerprint density at radius 3 is 2.68 bits per heavy atom. The zero-order chi connectivity index (χ0) is 16.5. The van der Waals surface area contributed by atoms with E-state index in [9.17, 15) is 9.90 Å². The van der Waals surface area contributed by atoms with Gasteiger partial charge >= 0.3 is 0 Å². The number of nitrogens with one attached hydrogen (secondary N) is 1. The van der Waals surface area contributed by atoms with Gasteiger partial charge in [0, 0.05) is 6.08 Å². The number of rotatable bonds is 8. The van der Waals surface area contributed by atoms with Crippen LogP contribution in [0.15, 0.2) is 30.3 Å². The Morgan fingerprint density at radius 1 is 1.32 bits per heavy atom. The van der Waals surface area contributed by atoms with Crippen molar-refractivity contribution < 1.29 is 19.5 Å². The van der Waals surface area contributed by atoms with Crippen LogP contribution in [-0.4, -0.2) is 23.9 Å². The van der Waals surface area contributed by atoms with E-state index in [1.165, 1.54) is 6.08 Å². The highest BCUT2D eigenvalue weighted by Crippen LogP contribution is 2.14. The number of aliphatic hydroxyl groups excluding tert-OH is 1. The average molecular weight is 307 g/mol. The number of hydroxylamine groups is 1. The van der Waals surface area contributed by atoms with E-state index in [1.54, 1.807) is 19.9 Å². The van der Waals surface area contributed by atoms with Gasteiger partial charge in [0.1, 0.15) is 0 Å². The van der Waals surface area contributed by atoms with Crippen LogP contribution in [0.1, 0.15) is 44.9 Å². The monoisotopic (exact) mass is 307 g/mol. The van der Waals surface area contributed by atoms with Gasteiger partial charge in [0.2, 0.25) is 0 Å². The van der Waals surface area contributed by atoms with Crippen molar-refractivity contribution in [2.24, 2.45) is 5.92 Å². The predicted octanol–water partition coefficient (Wildman–Crippen LogP) is 2.82. The standard InChI is InChI=1S/C17H25NO4/c1-12(2)11-21-14(4)22-18-17(20)9-8-15-6-5-7-16(10-15)13(3)19/h5-10,12-14,19H,11H2,1-4H3,(H,18,20). The van der Waals surface area contributed by atoms with Crippen LogP contribution in [0, 0.1) is 5.92 Å². The summed E-state index contributed by atoms with van der Waals surface area (Å²) in [5, 5.41) is 9.52. The van der Waals surface area contributed by atoms with E-state index in [4.69, 9.17) is 9.57 Å². The summed E-state index contributed by atoms with van der Waals surface area (Å²) in [6.07, 6.45) is 1.99. The van der Waals surface area contributed by atoms with Crippen LogP contribution in [0.3, 0.4) is 0 Å².